The number of ketones is 2. The normalized spacial score (nSPS) is 26.4. The molecular formula is C23H30N4O11S. The fourth-order valence-corrected chi connectivity index (χ4v) is 5.71. The lowest BCUT2D eigenvalue weighted by Gasteiger charge is -2.50. The molecule has 1 saturated carbocycles. The summed E-state index contributed by atoms with van der Waals surface area (Å²) in [6.07, 6.45) is 0.236. The van der Waals surface area contributed by atoms with Gasteiger partial charge in [-0.2, -0.15) is 8.42 Å². The van der Waals surface area contributed by atoms with Crippen molar-refractivity contribution in [2.24, 2.45) is 17.6 Å². The molecule has 1 fully saturated rings. The molecule has 1 aromatic rings. The highest BCUT2D eigenvalue weighted by atomic mass is 32.3. The van der Waals surface area contributed by atoms with E-state index < -0.39 is 74.2 Å². The van der Waals surface area contributed by atoms with Crippen LogP contribution in [0.3, 0.4) is 0 Å². The Hall–Kier alpha value is -3.70. The molecule has 0 bridgehead atoms. The molecule has 4 rings (SSSR count). The molecule has 3 aliphatic rings. The van der Waals surface area contributed by atoms with Gasteiger partial charge in [0.2, 0.25) is 5.78 Å². The zero-order valence-corrected chi connectivity index (χ0v) is 22.2. The number of benzene rings is 1. The fraction of sp³-hybridized carbons (Fsp3) is 0.435. The molecule has 0 radical (unpaired) electrons. The molecule has 0 saturated heterocycles. The Kier molecular flexibility index (Phi) is 7.50. The first-order valence-electron chi connectivity index (χ1n) is 11.4. The number of aliphatic hydroxyl groups excluding tert-OH is 2. The van der Waals surface area contributed by atoms with Crippen molar-refractivity contribution in [3.05, 3.63) is 34.1 Å². The maximum absolute atomic E-state index is 13.7. The molecule has 4 atom stereocenters. The Morgan fingerprint density at radius 2 is 1.64 bits per heavy atom. The number of phenolic OH excluding ortho intramolecular Hbond substituents is 1. The lowest BCUT2D eigenvalue weighted by atomic mass is 9.57. The number of nitrogens with two attached hydrogens (primary N) is 2. The number of carbonyl (C=O) groups excluding carboxylic acids is 3. The Morgan fingerprint density at radius 1 is 1.10 bits per heavy atom. The number of Topliss-reactive ketones (excluding diaryl/α,β-unsaturated/α-hetero) is 2. The zero-order valence-electron chi connectivity index (χ0n) is 21.4. The Balaban J connectivity index is 0.000000771. The number of aliphatic hydroxyl groups is 3. The highest BCUT2D eigenvalue weighted by Gasteiger charge is 2.64. The van der Waals surface area contributed by atoms with Gasteiger partial charge < -0.3 is 36.8 Å². The Bertz CT molecular complexity index is 1440. The molecule has 3 aliphatic carbocycles. The summed E-state index contributed by atoms with van der Waals surface area (Å²) in [5, 5.41) is 44.2. The minimum Gasteiger partial charge on any atom is -0.508 e. The number of nitrogen functional groups attached to an aromatic ring is 1. The van der Waals surface area contributed by atoms with Crippen LogP contribution in [0.4, 0.5) is 11.4 Å². The summed E-state index contributed by atoms with van der Waals surface area (Å²) in [4.78, 5) is 42.0. The molecule has 0 aromatic heterocycles. The summed E-state index contributed by atoms with van der Waals surface area (Å²) in [7, 11) is 1.98. The quantitative estimate of drug-likeness (QED) is 0.0934. The minimum absolute atomic E-state index is 0.0115. The van der Waals surface area contributed by atoms with E-state index in [1.165, 1.54) is 4.90 Å². The van der Waals surface area contributed by atoms with E-state index in [2.05, 4.69) is 0 Å². The van der Waals surface area contributed by atoms with Crippen LogP contribution in [0, 0.1) is 11.8 Å². The topological polar surface area (TPSA) is 265 Å². The van der Waals surface area contributed by atoms with Gasteiger partial charge in [-0.1, -0.05) is 0 Å². The van der Waals surface area contributed by atoms with Crippen molar-refractivity contribution in [3.63, 3.8) is 0 Å². The van der Waals surface area contributed by atoms with Crippen LogP contribution >= 0.6 is 0 Å². The van der Waals surface area contributed by atoms with Crippen LogP contribution in [0.1, 0.15) is 17.5 Å². The number of fused-ring (bicyclic) bond motifs is 3. The average molecular weight is 571 g/mol. The largest absolute Gasteiger partial charge is 0.508 e. The molecule has 0 unspecified atom stereocenters. The zero-order chi connectivity index (χ0) is 29.9. The summed E-state index contributed by atoms with van der Waals surface area (Å²) in [5.74, 6) is -6.95. The smallest absolute Gasteiger partial charge is 0.394 e. The molecule has 0 spiro atoms. The maximum Gasteiger partial charge on any atom is 0.394 e. The van der Waals surface area contributed by atoms with E-state index in [1.54, 1.807) is 39.2 Å². The summed E-state index contributed by atoms with van der Waals surface area (Å²) < 4.78 is 31.6. The van der Waals surface area contributed by atoms with Gasteiger partial charge in [0.25, 0.3) is 5.91 Å². The first kappa shape index (κ1) is 29.9. The second kappa shape index (κ2) is 9.80. The van der Waals surface area contributed by atoms with Crippen LogP contribution in [0.25, 0.3) is 5.76 Å². The number of rotatable bonds is 3. The number of anilines is 2. The van der Waals surface area contributed by atoms with Crippen molar-refractivity contribution in [1.29, 1.82) is 0 Å². The lowest BCUT2D eigenvalue weighted by molar-refractivity contribution is -0.153. The van der Waals surface area contributed by atoms with Gasteiger partial charge in [0.05, 0.1) is 17.3 Å². The van der Waals surface area contributed by atoms with Crippen molar-refractivity contribution in [2.45, 2.75) is 24.5 Å². The molecule has 16 heteroatoms. The summed E-state index contributed by atoms with van der Waals surface area (Å²) in [6, 6.07) is 0.444. The third-order valence-corrected chi connectivity index (χ3v) is 7.21. The monoisotopic (exact) mass is 570 g/mol. The lowest BCUT2D eigenvalue weighted by Crippen LogP contribution is -2.65. The van der Waals surface area contributed by atoms with Crippen LogP contribution in [-0.4, -0.2) is 100 Å². The van der Waals surface area contributed by atoms with Crippen molar-refractivity contribution in [1.82, 2.24) is 4.90 Å². The van der Waals surface area contributed by atoms with Crippen LogP contribution in [-0.2, 0) is 31.2 Å². The number of aromatic hydroxyl groups is 1. The van der Waals surface area contributed by atoms with Gasteiger partial charge in [0.15, 0.2) is 11.4 Å². The van der Waals surface area contributed by atoms with Crippen LogP contribution in [0.2, 0.25) is 0 Å². The van der Waals surface area contributed by atoms with Crippen molar-refractivity contribution >= 4 is 45.0 Å². The third kappa shape index (κ3) is 4.80. The molecule has 1 aromatic carbocycles. The van der Waals surface area contributed by atoms with Gasteiger partial charge in [-0.3, -0.25) is 28.4 Å². The number of phenols is 1. The van der Waals surface area contributed by atoms with Gasteiger partial charge in [0.1, 0.15) is 22.8 Å². The minimum atomic E-state index is -4.67. The maximum atomic E-state index is 13.7. The van der Waals surface area contributed by atoms with Crippen molar-refractivity contribution in [2.75, 3.05) is 38.8 Å². The fourth-order valence-electron chi connectivity index (χ4n) is 5.71. The number of carbonyl (C=O) groups is 3. The second-order valence-electron chi connectivity index (χ2n) is 9.99. The predicted octanol–water partition coefficient (Wildman–Crippen LogP) is -1.04. The van der Waals surface area contributed by atoms with E-state index in [9.17, 15) is 34.8 Å². The molecule has 15 nitrogen and oxygen atoms in total. The van der Waals surface area contributed by atoms with Crippen LogP contribution < -0.4 is 16.4 Å². The first-order chi connectivity index (χ1) is 17.7. The first-order valence-corrected chi connectivity index (χ1v) is 12.8. The summed E-state index contributed by atoms with van der Waals surface area (Å²) in [6.45, 7) is 0. The molecule has 10 N–H and O–H groups in total. The summed E-state index contributed by atoms with van der Waals surface area (Å²) >= 11 is 0. The molecule has 0 heterocycles. The van der Waals surface area contributed by atoms with E-state index in [1.807, 2.05) is 0 Å². The second-order valence-corrected chi connectivity index (χ2v) is 10.9. The van der Waals surface area contributed by atoms with Crippen LogP contribution in [0.5, 0.6) is 5.75 Å². The Labute approximate surface area is 223 Å². The van der Waals surface area contributed by atoms with E-state index in [-0.39, 0.29) is 29.7 Å². The van der Waals surface area contributed by atoms with Gasteiger partial charge >= 0.3 is 10.4 Å². The van der Waals surface area contributed by atoms with Crippen molar-refractivity contribution < 1.29 is 52.3 Å². The molecule has 39 heavy (non-hydrogen) atoms. The molecule has 0 aliphatic heterocycles. The number of hydrogen-bond donors (Lipinski definition) is 8. The van der Waals surface area contributed by atoms with E-state index >= 15 is 0 Å². The van der Waals surface area contributed by atoms with Gasteiger partial charge in [-0.05, 0) is 44.5 Å². The number of likely N-dealkylation sites (N-methyl/N-ethyl adjacent to an activating group) is 1. The third-order valence-electron chi connectivity index (χ3n) is 7.21. The standard InChI is InChI=1S/C23H28N4O7.H2O4S/c1-26(2)12-7-11(24)17(28)14-9(12)5-8-6-10-16(27(3)4)19(30)15(22(25)33)21(32)23(10,34)20(31)13(8)18(14)29;1-5(2,3)4/h7-8,10,16,28-29,32,34H,5-6,24H2,1-4H3,(H2,25,33);(H2,1,2,3,4)/t8-,10-,16-,23+;/m0./s1. The van der Waals surface area contributed by atoms with E-state index in [0.29, 0.717) is 11.3 Å². The number of nitrogens with zero attached hydrogens (tertiary/aromatic N) is 2. The van der Waals surface area contributed by atoms with Gasteiger partial charge in [-0.15, -0.1) is 0 Å². The van der Waals surface area contributed by atoms with Gasteiger partial charge in [0, 0.05) is 31.3 Å². The summed E-state index contributed by atoms with van der Waals surface area (Å²) in [5.41, 5.74) is 8.68. The molecule has 214 valence electrons. The van der Waals surface area contributed by atoms with Gasteiger partial charge in [-0.25, -0.2) is 0 Å². The van der Waals surface area contributed by atoms with Crippen LogP contribution in [0.15, 0.2) is 23.0 Å². The molecular weight excluding hydrogens is 540 g/mol. The SMILES string of the molecule is CN(C)c1cc(N)c(O)c2c1C[C@H]1C[C@H]3[C@H](N(C)C)C(=O)C(C(N)=O)=C(O)[C@]3(O)C(=O)C1=C2O.O=S(=O)(O)O. The molecule has 1 amide bonds. The average Bonchev–Trinajstić information content (AvgIpc) is 2.76. The predicted molar refractivity (Wildman–Crippen MR) is 137 cm³/mol. The van der Waals surface area contributed by atoms with Crippen molar-refractivity contribution in [3.8, 4) is 5.75 Å². The Morgan fingerprint density at radius 3 is 2.10 bits per heavy atom. The highest BCUT2D eigenvalue weighted by Crippen LogP contribution is 2.54. The van der Waals surface area contributed by atoms with E-state index in [0.717, 1.165) is 0 Å². The highest BCUT2D eigenvalue weighted by molar-refractivity contribution is 7.79. The number of primary amides is 1. The van der Waals surface area contributed by atoms with E-state index in [4.69, 9.17) is 29.0 Å². The number of hydrogen-bond acceptors (Lipinski definition) is 12. The number of amides is 1.